The summed E-state index contributed by atoms with van der Waals surface area (Å²) in [6.07, 6.45) is 3.85. The maximum absolute atomic E-state index is 10.8. The fraction of sp³-hybridized carbons (Fsp3) is 0.348. The number of hydrogen-bond acceptors (Lipinski definition) is 6. The van der Waals surface area contributed by atoms with Gasteiger partial charge in [-0.15, -0.1) is 0 Å². The van der Waals surface area contributed by atoms with E-state index in [4.69, 9.17) is 4.98 Å². The minimum absolute atomic E-state index is 0.216. The number of pyridine rings is 2. The van der Waals surface area contributed by atoms with Gasteiger partial charge >= 0.3 is 0 Å². The van der Waals surface area contributed by atoms with Crippen molar-refractivity contribution in [3.63, 3.8) is 0 Å². The van der Waals surface area contributed by atoms with Crippen molar-refractivity contribution >= 4 is 27.6 Å². The first-order valence-electron chi connectivity index (χ1n) is 10.3. The molecule has 1 saturated heterocycles. The number of benzene rings is 1. The first kappa shape index (κ1) is 18.8. The number of nitrogens with one attached hydrogen (secondary N) is 1. The van der Waals surface area contributed by atoms with Crippen molar-refractivity contribution in [1.29, 1.82) is 0 Å². The fourth-order valence-corrected chi connectivity index (χ4v) is 4.50. The third-order valence-electron chi connectivity index (χ3n) is 5.85. The molecule has 1 aliphatic heterocycles. The van der Waals surface area contributed by atoms with E-state index in [1.165, 1.54) is 0 Å². The van der Waals surface area contributed by atoms with E-state index in [1.54, 1.807) is 4.68 Å². The summed E-state index contributed by atoms with van der Waals surface area (Å²) in [5, 5.41) is 20.7. The zero-order chi connectivity index (χ0) is 21.0. The second-order valence-corrected chi connectivity index (χ2v) is 8.45. The number of aryl methyl sites for hydroxylation is 2. The molecule has 0 unspecified atom stereocenters. The quantitative estimate of drug-likeness (QED) is 0.535. The number of piperazine rings is 1. The zero-order valence-electron chi connectivity index (χ0n) is 17.7. The molecule has 1 aliphatic rings. The summed E-state index contributed by atoms with van der Waals surface area (Å²) in [6.45, 7) is 8.22. The Labute approximate surface area is 175 Å². The normalized spacial score (nSPS) is 19.7. The molecular weight excluding hydrogens is 376 g/mol. The van der Waals surface area contributed by atoms with Crippen LogP contribution in [0.2, 0.25) is 0 Å². The Hall–Kier alpha value is -3.19. The van der Waals surface area contributed by atoms with Crippen molar-refractivity contribution < 1.29 is 5.11 Å². The predicted octanol–water partition coefficient (Wildman–Crippen LogP) is 3.38. The summed E-state index contributed by atoms with van der Waals surface area (Å²) in [6, 6.07) is 8.96. The standard InChI is InChI=1S/C23H26N6O/c1-13-10-29(11-14(2)25-13)18-7-16-5-6-20(26-23(16)24-9-18)19-8-17-12-28(4)27-21(17)15(3)22(19)30/h5-9,12-14,25,30H,10-11H2,1-4H3/t13-,14+. The fourth-order valence-electron chi connectivity index (χ4n) is 4.50. The molecule has 3 aromatic heterocycles. The third-order valence-corrected chi connectivity index (χ3v) is 5.85. The molecule has 5 rings (SSSR count). The largest absolute Gasteiger partial charge is 0.507 e. The van der Waals surface area contributed by atoms with Gasteiger partial charge in [-0.2, -0.15) is 5.10 Å². The van der Waals surface area contributed by atoms with Gasteiger partial charge < -0.3 is 15.3 Å². The molecule has 2 N–H and O–H groups in total. The van der Waals surface area contributed by atoms with Gasteiger partial charge in [0.25, 0.3) is 0 Å². The smallest absolute Gasteiger partial charge is 0.159 e. The second kappa shape index (κ2) is 6.95. The molecule has 7 heteroatoms. The number of phenols is 1. The molecule has 1 aromatic carbocycles. The van der Waals surface area contributed by atoms with E-state index < -0.39 is 0 Å². The molecule has 0 bridgehead atoms. The Bertz CT molecular complexity index is 1250. The van der Waals surface area contributed by atoms with E-state index in [2.05, 4.69) is 40.2 Å². The number of nitrogens with zero attached hydrogens (tertiary/aromatic N) is 5. The molecule has 0 amide bonds. The molecule has 0 aliphatic carbocycles. The van der Waals surface area contributed by atoms with Crippen molar-refractivity contribution in [2.45, 2.75) is 32.9 Å². The highest BCUT2D eigenvalue weighted by Crippen LogP contribution is 2.36. The van der Waals surface area contributed by atoms with Crippen LogP contribution in [0.4, 0.5) is 5.69 Å². The van der Waals surface area contributed by atoms with E-state index in [0.29, 0.717) is 29.0 Å². The monoisotopic (exact) mass is 402 g/mol. The SMILES string of the molecule is Cc1c(O)c(-c2ccc3cc(N4C[C@@H](C)N[C@@H](C)C4)cnc3n2)cc2cn(C)nc12. The minimum atomic E-state index is 0.216. The van der Waals surface area contributed by atoms with Crippen molar-refractivity contribution in [1.82, 2.24) is 25.1 Å². The van der Waals surface area contributed by atoms with Crippen LogP contribution in [-0.4, -0.2) is 50.0 Å². The summed E-state index contributed by atoms with van der Waals surface area (Å²) in [4.78, 5) is 11.8. The number of rotatable bonds is 2. The summed E-state index contributed by atoms with van der Waals surface area (Å²) in [7, 11) is 1.88. The lowest BCUT2D eigenvalue weighted by molar-refractivity contribution is 0.407. The third kappa shape index (κ3) is 3.15. The molecule has 1 fully saturated rings. The highest BCUT2D eigenvalue weighted by molar-refractivity contribution is 5.91. The van der Waals surface area contributed by atoms with Gasteiger partial charge in [0.1, 0.15) is 5.75 Å². The van der Waals surface area contributed by atoms with E-state index in [1.807, 2.05) is 44.6 Å². The Morgan fingerprint density at radius 1 is 1.10 bits per heavy atom. The first-order valence-corrected chi connectivity index (χ1v) is 10.3. The van der Waals surface area contributed by atoms with Gasteiger partial charge in [0.15, 0.2) is 5.65 Å². The summed E-state index contributed by atoms with van der Waals surface area (Å²) >= 11 is 0. The number of anilines is 1. The lowest BCUT2D eigenvalue weighted by atomic mass is 10.0. The van der Waals surface area contributed by atoms with Crippen LogP contribution in [0.25, 0.3) is 33.2 Å². The second-order valence-electron chi connectivity index (χ2n) is 8.45. The summed E-state index contributed by atoms with van der Waals surface area (Å²) < 4.78 is 1.76. The van der Waals surface area contributed by atoms with Crippen LogP contribution in [0.1, 0.15) is 19.4 Å². The minimum Gasteiger partial charge on any atom is -0.507 e. The summed E-state index contributed by atoms with van der Waals surface area (Å²) in [5.41, 5.74) is 4.77. The Balaban J connectivity index is 1.55. The average Bonchev–Trinajstić information content (AvgIpc) is 3.10. The first-order chi connectivity index (χ1) is 14.4. The van der Waals surface area contributed by atoms with Crippen LogP contribution >= 0.6 is 0 Å². The molecule has 0 saturated carbocycles. The number of fused-ring (bicyclic) bond motifs is 2. The van der Waals surface area contributed by atoms with Gasteiger partial charge in [-0.1, -0.05) is 0 Å². The van der Waals surface area contributed by atoms with Gasteiger partial charge in [0, 0.05) is 60.3 Å². The van der Waals surface area contributed by atoms with Crippen LogP contribution in [-0.2, 0) is 7.05 Å². The van der Waals surface area contributed by atoms with Crippen LogP contribution < -0.4 is 10.2 Å². The van der Waals surface area contributed by atoms with E-state index in [0.717, 1.165) is 40.6 Å². The Kier molecular flexibility index (Phi) is 4.36. The van der Waals surface area contributed by atoms with Crippen LogP contribution in [0.5, 0.6) is 5.75 Å². The summed E-state index contributed by atoms with van der Waals surface area (Å²) in [5.74, 6) is 0.216. The van der Waals surface area contributed by atoms with Crippen molar-refractivity contribution in [3.8, 4) is 17.0 Å². The van der Waals surface area contributed by atoms with Gasteiger partial charge in [-0.3, -0.25) is 4.68 Å². The van der Waals surface area contributed by atoms with E-state index in [-0.39, 0.29) is 5.75 Å². The maximum Gasteiger partial charge on any atom is 0.159 e. The van der Waals surface area contributed by atoms with Crippen molar-refractivity contribution in [2.75, 3.05) is 18.0 Å². The van der Waals surface area contributed by atoms with E-state index in [9.17, 15) is 5.11 Å². The molecule has 4 heterocycles. The number of aromatic nitrogens is 4. The van der Waals surface area contributed by atoms with Crippen LogP contribution in [0.15, 0.2) is 36.7 Å². The number of aromatic hydroxyl groups is 1. The van der Waals surface area contributed by atoms with Crippen molar-refractivity contribution in [2.24, 2.45) is 7.05 Å². The molecule has 4 aromatic rings. The van der Waals surface area contributed by atoms with Crippen LogP contribution in [0.3, 0.4) is 0 Å². The maximum atomic E-state index is 10.8. The lowest BCUT2D eigenvalue weighted by Gasteiger charge is -2.37. The van der Waals surface area contributed by atoms with Gasteiger partial charge in [0.05, 0.1) is 23.1 Å². The molecule has 30 heavy (non-hydrogen) atoms. The highest BCUT2D eigenvalue weighted by atomic mass is 16.3. The predicted molar refractivity (Wildman–Crippen MR) is 120 cm³/mol. The molecule has 2 atom stereocenters. The van der Waals surface area contributed by atoms with E-state index >= 15 is 0 Å². The van der Waals surface area contributed by atoms with Gasteiger partial charge in [-0.25, -0.2) is 9.97 Å². The number of hydrogen-bond donors (Lipinski definition) is 2. The van der Waals surface area contributed by atoms with Crippen molar-refractivity contribution in [3.05, 3.63) is 42.2 Å². The lowest BCUT2D eigenvalue weighted by Crippen LogP contribution is -2.54. The highest BCUT2D eigenvalue weighted by Gasteiger charge is 2.22. The Morgan fingerprint density at radius 3 is 2.63 bits per heavy atom. The molecule has 7 nitrogen and oxygen atoms in total. The van der Waals surface area contributed by atoms with Crippen LogP contribution in [0, 0.1) is 6.92 Å². The van der Waals surface area contributed by atoms with Gasteiger partial charge in [0.2, 0.25) is 0 Å². The Morgan fingerprint density at radius 2 is 1.87 bits per heavy atom. The topological polar surface area (TPSA) is 79.1 Å². The molecule has 0 spiro atoms. The molecular formula is C23H26N6O. The number of phenolic OH excluding ortho intramolecular Hbond substituents is 1. The molecule has 154 valence electrons. The zero-order valence-corrected chi connectivity index (χ0v) is 17.7. The molecule has 0 radical (unpaired) electrons. The van der Waals surface area contributed by atoms with Gasteiger partial charge in [-0.05, 0) is 45.0 Å². The average molecular weight is 403 g/mol.